The van der Waals surface area contributed by atoms with Gasteiger partial charge in [0.05, 0.1) is 12.8 Å². The van der Waals surface area contributed by atoms with Crippen LogP contribution in [-0.2, 0) is 4.74 Å². The predicted octanol–water partition coefficient (Wildman–Crippen LogP) is -1.15. The summed E-state index contributed by atoms with van der Waals surface area (Å²) in [6, 6.07) is 0. The topological polar surface area (TPSA) is 111 Å². The summed E-state index contributed by atoms with van der Waals surface area (Å²) < 4.78 is 45.5. The maximum absolute atomic E-state index is 13.7. The van der Waals surface area contributed by atoms with Crippen molar-refractivity contribution < 1.29 is 28.1 Å². The quantitative estimate of drug-likeness (QED) is 0.631. The van der Waals surface area contributed by atoms with Gasteiger partial charge >= 0.3 is 11.6 Å². The van der Waals surface area contributed by atoms with Gasteiger partial charge in [-0.3, -0.25) is 4.57 Å². The van der Waals surface area contributed by atoms with E-state index in [-0.39, 0.29) is 4.57 Å². The molecule has 19 heavy (non-hydrogen) atoms. The Morgan fingerprint density at radius 2 is 2.21 bits per heavy atom. The molecule has 1 saturated heterocycles. The van der Waals surface area contributed by atoms with Crippen LogP contribution in [0.1, 0.15) is 6.23 Å². The molecular formula is C9H10F3N3O4. The van der Waals surface area contributed by atoms with Crippen molar-refractivity contribution in [3.8, 4) is 0 Å². The second kappa shape index (κ2) is 4.47. The molecule has 1 aromatic heterocycles. The molecule has 0 bridgehead atoms. The zero-order chi connectivity index (χ0) is 14.4. The summed E-state index contributed by atoms with van der Waals surface area (Å²) in [6.45, 7) is -0.882. The van der Waals surface area contributed by atoms with Gasteiger partial charge in [-0.15, -0.1) is 0 Å². The molecule has 3 atom stereocenters. The number of aliphatic hydroxyl groups excluding tert-OH is 2. The third kappa shape index (κ3) is 2.07. The molecule has 4 N–H and O–H groups in total. The molecule has 1 aromatic rings. The molecule has 106 valence electrons. The average Bonchev–Trinajstić information content (AvgIpc) is 2.56. The number of halogens is 3. The average molecular weight is 281 g/mol. The fourth-order valence-corrected chi connectivity index (χ4v) is 1.74. The number of hydrogen-bond acceptors (Lipinski definition) is 6. The van der Waals surface area contributed by atoms with Crippen LogP contribution >= 0.6 is 0 Å². The smallest absolute Gasteiger partial charge is 0.352 e. The molecule has 2 rings (SSSR count). The van der Waals surface area contributed by atoms with Crippen molar-refractivity contribution in [2.24, 2.45) is 0 Å². The standard InChI is InChI=1S/C9H10F3N3O4/c10-3-1-15(8(18)14-6(3)13)7-9(11,12)5(17)4(2-16)19-7/h1,4-5,7,16-17H,2H2,(H2,13,14,18)/t4-,5-,7-/m0/s1. The van der Waals surface area contributed by atoms with Gasteiger partial charge in [-0.25, -0.2) is 9.18 Å². The van der Waals surface area contributed by atoms with Gasteiger partial charge < -0.3 is 20.7 Å². The van der Waals surface area contributed by atoms with Crippen LogP contribution in [0.5, 0.6) is 0 Å². The van der Waals surface area contributed by atoms with Crippen LogP contribution in [0.15, 0.2) is 11.0 Å². The molecule has 0 aromatic carbocycles. The Morgan fingerprint density at radius 1 is 1.58 bits per heavy atom. The lowest BCUT2D eigenvalue weighted by molar-refractivity contribution is -0.141. The van der Waals surface area contributed by atoms with E-state index in [0.29, 0.717) is 6.20 Å². The first-order valence-corrected chi connectivity index (χ1v) is 5.15. The fourth-order valence-electron chi connectivity index (χ4n) is 1.74. The summed E-state index contributed by atoms with van der Waals surface area (Å²) in [4.78, 5) is 14.4. The summed E-state index contributed by atoms with van der Waals surface area (Å²) in [5.74, 6) is -5.80. The van der Waals surface area contributed by atoms with Gasteiger partial charge in [0.25, 0.3) is 0 Å². The highest BCUT2D eigenvalue weighted by atomic mass is 19.3. The Balaban J connectivity index is 2.48. The molecule has 0 aliphatic carbocycles. The lowest BCUT2D eigenvalue weighted by Crippen LogP contribution is -2.42. The number of aromatic nitrogens is 2. The minimum Gasteiger partial charge on any atom is -0.394 e. The van der Waals surface area contributed by atoms with Crippen LogP contribution in [0.4, 0.5) is 19.0 Å². The van der Waals surface area contributed by atoms with Crippen molar-refractivity contribution in [3.63, 3.8) is 0 Å². The second-order valence-corrected chi connectivity index (χ2v) is 3.99. The number of hydrogen-bond donors (Lipinski definition) is 3. The summed E-state index contributed by atoms with van der Waals surface area (Å²) >= 11 is 0. The number of aliphatic hydroxyl groups is 2. The number of alkyl halides is 2. The van der Waals surface area contributed by atoms with E-state index in [0.717, 1.165) is 0 Å². The van der Waals surface area contributed by atoms with Crippen LogP contribution in [0, 0.1) is 5.82 Å². The van der Waals surface area contributed by atoms with Gasteiger partial charge in [-0.1, -0.05) is 0 Å². The van der Waals surface area contributed by atoms with Gasteiger partial charge in [-0.05, 0) is 0 Å². The van der Waals surface area contributed by atoms with Crippen molar-refractivity contribution in [3.05, 3.63) is 22.5 Å². The van der Waals surface area contributed by atoms with Gasteiger partial charge in [0.1, 0.15) is 6.10 Å². The largest absolute Gasteiger partial charge is 0.394 e. The number of anilines is 1. The van der Waals surface area contributed by atoms with E-state index in [9.17, 15) is 23.1 Å². The fraction of sp³-hybridized carbons (Fsp3) is 0.556. The Hall–Kier alpha value is -1.65. The van der Waals surface area contributed by atoms with Crippen molar-refractivity contribution >= 4 is 5.82 Å². The Morgan fingerprint density at radius 3 is 2.74 bits per heavy atom. The molecule has 0 spiro atoms. The van der Waals surface area contributed by atoms with E-state index >= 15 is 0 Å². The molecule has 1 fully saturated rings. The third-order valence-corrected chi connectivity index (χ3v) is 2.75. The highest BCUT2D eigenvalue weighted by Gasteiger charge is 2.59. The molecule has 0 unspecified atom stereocenters. The van der Waals surface area contributed by atoms with E-state index in [1.54, 1.807) is 0 Å². The second-order valence-electron chi connectivity index (χ2n) is 3.99. The van der Waals surface area contributed by atoms with Crippen LogP contribution in [0.2, 0.25) is 0 Å². The van der Waals surface area contributed by atoms with Gasteiger partial charge in [0.2, 0.25) is 6.23 Å². The normalized spacial score (nSPS) is 29.6. The number of nitrogens with zero attached hydrogens (tertiary/aromatic N) is 2. The Labute approximate surface area is 104 Å². The van der Waals surface area contributed by atoms with Gasteiger partial charge in [-0.2, -0.15) is 13.8 Å². The predicted molar refractivity (Wildman–Crippen MR) is 54.8 cm³/mol. The van der Waals surface area contributed by atoms with E-state index in [4.69, 9.17) is 10.8 Å². The van der Waals surface area contributed by atoms with Crippen molar-refractivity contribution in [1.82, 2.24) is 9.55 Å². The highest BCUT2D eigenvalue weighted by Crippen LogP contribution is 2.42. The van der Waals surface area contributed by atoms with Gasteiger partial charge in [0.15, 0.2) is 17.7 Å². The minimum absolute atomic E-state index is 0.185. The molecule has 10 heteroatoms. The highest BCUT2D eigenvalue weighted by molar-refractivity contribution is 5.26. The first-order valence-electron chi connectivity index (χ1n) is 5.15. The Kier molecular flexibility index (Phi) is 3.24. The monoisotopic (exact) mass is 281 g/mol. The molecule has 0 radical (unpaired) electrons. The lowest BCUT2D eigenvalue weighted by atomic mass is 10.1. The molecule has 0 saturated carbocycles. The number of nitrogen functional groups attached to an aromatic ring is 1. The zero-order valence-electron chi connectivity index (χ0n) is 9.33. The summed E-state index contributed by atoms with van der Waals surface area (Å²) in [7, 11) is 0. The maximum Gasteiger partial charge on any atom is 0.352 e. The van der Waals surface area contributed by atoms with Gasteiger partial charge in [0, 0.05) is 0 Å². The molecule has 2 heterocycles. The summed E-state index contributed by atoms with van der Waals surface area (Å²) in [5, 5.41) is 18.1. The maximum atomic E-state index is 13.7. The van der Waals surface area contributed by atoms with E-state index in [1.807, 2.05) is 0 Å². The minimum atomic E-state index is -3.89. The molecule has 7 nitrogen and oxygen atoms in total. The SMILES string of the molecule is Nc1nc(=O)n([C@H]2O[C@@H](CO)[C@H](O)C2(F)F)cc1F. The van der Waals surface area contributed by atoms with Crippen LogP contribution < -0.4 is 11.4 Å². The van der Waals surface area contributed by atoms with Crippen molar-refractivity contribution in [1.29, 1.82) is 0 Å². The van der Waals surface area contributed by atoms with Crippen molar-refractivity contribution in [2.45, 2.75) is 24.4 Å². The van der Waals surface area contributed by atoms with Crippen LogP contribution in [0.3, 0.4) is 0 Å². The Bertz CT molecular complexity index is 550. The molecule has 0 amide bonds. The lowest BCUT2D eigenvalue weighted by Gasteiger charge is -2.21. The first kappa shape index (κ1) is 13.8. The molecular weight excluding hydrogens is 271 g/mol. The summed E-state index contributed by atoms with van der Waals surface area (Å²) in [6.07, 6.45) is -5.77. The van der Waals surface area contributed by atoms with Crippen molar-refractivity contribution in [2.75, 3.05) is 12.3 Å². The number of ether oxygens (including phenoxy) is 1. The third-order valence-electron chi connectivity index (χ3n) is 2.75. The van der Waals surface area contributed by atoms with E-state index < -0.39 is 48.3 Å². The van der Waals surface area contributed by atoms with E-state index in [1.165, 1.54) is 0 Å². The van der Waals surface area contributed by atoms with Crippen LogP contribution in [0.25, 0.3) is 0 Å². The number of nitrogens with two attached hydrogens (primary N) is 1. The molecule has 1 aliphatic heterocycles. The summed E-state index contributed by atoms with van der Waals surface area (Å²) in [5.41, 5.74) is 3.76. The first-order chi connectivity index (χ1) is 8.78. The van der Waals surface area contributed by atoms with E-state index in [2.05, 4.69) is 9.72 Å². The van der Waals surface area contributed by atoms with Crippen LogP contribution in [-0.4, -0.2) is 44.5 Å². The number of rotatable bonds is 2. The molecule has 1 aliphatic rings. The zero-order valence-corrected chi connectivity index (χ0v) is 9.33.